The molecule has 1 aliphatic heterocycles. The fourth-order valence-corrected chi connectivity index (χ4v) is 4.51. The lowest BCUT2D eigenvalue weighted by Gasteiger charge is -2.30. The van der Waals surface area contributed by atoms with Gasteiger partial charge in [0, 0.05) is 25.5 Å². The van der Waals surface area contributed by atoms with Gasteiger partial charge in [0.1, 0.15) is 23.9 Å². The maximum Gasteiger partial charge on any atom is 0.303 e. The molecule has 228 valence electrons. The Kier molecular flexibility index (Phi) is 9.97. The number of aliphatic carboxylic acids is 1. The minimum Gasteiger partial charge on any atom is -0.481 e. The van der Waals surface area contributed by atoms with Crippen LogP contribution in [0.3, 0.4) is 0 Å². The van der Waals surface area contributed by atoms with E-state index in [2.05, 4.69) is 62.2 Å². The molecule has 0 fully saturated rings. The molecule has 0 radical (unpaired) electrons. The molecule has 4 rings (SSSR count). The Hall–Kier alpha value is -5.36. The van der Waals surface area contributed by atoms with Gasteiger partial charge < -0.3 is 21.1 Å². The van der Waals surface area contributed by atoms with Crippen molar-refractivity contribution in [2.24, 2.45) is 5.92 Å². The van der Waals surface area contributed by atoms with Crippen LogP contribution < -0.4 is 20.9 Å². The van der Waals surface area contributed by atoms with Gasteiger partial charge in [0.2, 0.25) is 17.7 Å². The van der Waals surface area contributed by atoms with Crippen molar-refractivity contribution < 1.29 is 29.1 Å². The number of carbonyl (C=O) groups is 5. The van der Waals surface area contributed by atoms with Gasteiger partial charge in [-0.3, -0.25) is 28.9 Å². The quantitative estimate of drug-likeness (QED) is 0.115. The molecular weight excluding hydrogens is 566 g/mol. The molecule has 0 unspecified atom stereocenters. The summed E-state index contributed by atoms with van der Waals surface area (Å²) in [7, 11) is 0. The first-order valence-corrected chi connectivity index (χ1v) is 13.5. The fourth-order valence-electron chi connectivity index (χ4n) is 4.51. The van der Waals surface area contributed by atoms with E-state index in [9.17, 15) is 24.0 Å². The summed E-state index contributed by atoms with van der Waals surface area (Å²) in [5, 5.41) is 43.9. The van der Waals surface area contributed by atoms with Crippen molar-refractivity contribution in [2.75, 3.05) is 4.90 Å². The molecule has 0 bridgehead atoms. The lowest BCUT2D eigenvalue weighted by Crippen LogP contribution is -2.59. The van der Waals surface area contributed by atoms with Gasteiger partial charge in [-0.15, -0.1) is 20.4 Å². The monoisotopic (exact) mass is 597 g/mol. The van der Waals surface area contributed by atoms with E-state index in [1.807, 2.05) is 6.92 Å². The summed E-state index contributed by atoms with van der Waals surface area (Å²) in [6.07, 6.45) is 1.21. The van der Waals surface area contributed by atoms with Gasteiger partial charge in [-0.25, -0.2) is 4.98 Å². The summed E-state index contributed by atoms with van der Waals surface area (Å²) in [5.74, 6) is -3.41. The summed E-state index contributed by atoms with van der Waals surface area (Å²) >= 11 is 0. The number of fused-ring (bicyclic) bond motifs is 1. The minimum absolute atomic E-state index is 0.0428. The van der Waals surface area contributed by atoms with E-state index < -0.39 is 54.1 Å². The summed E-state index contributed by atoms with van der Waals surface area (Å²) in [5.41, 5.74) is 0.642. The summed E-state index contributed by atoms with van der Waals surface area (Å²) in [6.45, 7) is 3.52. The van der Waals surface area contributed by atoms with Gasteiger partial charge in [0.25, 0.3) is 5.91 Å². The number of carboxylic acids is 1. The number of nitrogens with zero attached hydrogens (tertiary/aromatic N) is 8. The van der Waals surface area contributed by atoms with E-state index in [0.717, 1.165) is 0 Å². The predicted molar refractivity (Wildman–Crippen MR) is 143 cm³/mol. The highest BCUT2D eigenvalue weighted by molar-refractivity contribution is 6.06. The first-order chi connectivity index (χ1) is 20.7. The van der Waals surface area contributed by atoms with Crippen molar-refractivity contribution in [2.45, 2.75) is 70.6 Å². The van der Waals surface area contributed by atoms with Crippen LogP contribution in [-0.2, 0) is 43.4 Å². The number of amides is 4. The Morgan fingerprint density at radius 2 is 1.79 bits per heavy atom. The third-order valence-corrected chi connectivity index (χ3v) is 6.94. The van der Waals surface area contributed by atoms with Crippen LogP contribution in [-0.4, -0.2) is 99.1 Å². The topological polar surface area (TPSA) is 267 Å². The number of rotatable bonds is 14. The number of hydrogen-bond acceptors (Lipinski definition) is 12. The third kappa shape index (κ3) is 7.68. The molecule has 6 N–H and O–H groups in total. The summed E-state index contributed by atoms with van der Waals surface area (Å²) in [4.78, 5) is 70.0. The van der Waals surface area contributed by atoms with Crippen LogP contribution >= 0.6 is 0 Å². The molecule has 43 heavy (non-hydrogen) atoms. The standard InChI is InChI=1S/C24H31N13O6/c1-3-12(2)20(28-18(38)6-7-19(39)40)23(42)27-14(10-16-29-33-34-30-16)24(43)37-15(9-13-5-4-8-25-21(13)37)22(41)26-11-17-31-35-36-32-17/h4-5,8,12,14-15,20H,3,6-7,9-11H2,1-2H3,(H,26,41)(H,27,42)(H,28,38)(H,39,40)(H,29,30,33,34)(H,31,32,35,36)/t12-,14-,15-,20-/m0/s1. The predicted octanol–water partition coefficient (Wildman–Crippen LogP) is -2.19. The van der Waals surface area contributed by atoms with E-state index in [-0.39, 0.29) is 49.2 Å². The molecule has 0 aromatic carbocycles. The van der Waals surface area contributed by atoms with Gasteiger partial charge >= 0.3 is 5.97 Å². The molecule has 4 amide bonds. The second kappa shape index (κ2) is 14.0. The van der Waals surface area contributed by atoms with E-state index in [1.54, 1.807) is 19.1 Å². The Balaban J connectivity index is 1.59. The smallest absolute Gasteiger partial charge is 0.303 e. The lowest BCUT2D eigenvalue weighted by atomic mass is 9.97. The highest BCUT2D eigenvalue weighted by Crippen LogP contribution is 2.31. The maximum absolute atomic E-state index is 14.2. The summed E-state index contributed by atoms with van der Waals surface area (Å²) < 4.78 is 0. The average Bonchev–Trinajstić information content (AvgIpc) is 3.78. The number of carboxylic acid groups (broad SMARTS) is 1. The molecule has 0 aliphatic carbocycles. The van der Waals surface area contributed by atoms with Crippen LogP contribution in [0.4, 0.5) is 5.82 Å². The fraction of sp³-hybridized carbons (Fsp3) is 0.500. The second-order valence-corrected chi connectivity index (χ2v) is 9.88. The van der Waals surface area contributed by atoms with Gasteiger partial charge in [0.05, 0.1) is 13.0 Å². The van der Waals surface area contributed by atoms with Gasteiger partial charge in [-0.2, -0.15) is 10.4 Å². The number of aromatic amines is 2. The zero-order chi connectivity index (χ0) is 30.9. The van der Waals surface area contributed by atoms with Crippen LogP contribution in [0, 0.1) is 5.92 Å². The average molecular weight is 598 g/mol. The SMILES string of the molecule is CC[C@H](C)[C@H](NC(=O)CCC(=O)O)C(=O)N[C@@H](Cc1nn[nH]n1)C(=O)N1c2ncccc2C[C@H]1C(=O)NCc1nn[nH]n1. The van der Waals surface area contributed by atoms with E-state index >= 15 is 0 Å². The number of nitrogens with one attached hydrogen (secondary N) is 5. The van der Waals surface area contributed by atoms with Crippen LogP contribution in [0.5, 0.6) is 0 Å². The molecule has 4 atom stereocenters. The van der Waals surface area contributed by atoms with Crippen molar-refractivity contribution in [3.8, 4) is 0 Å². The molecule has 3 aromatic heterocycles. The lowest BCUT2D eigenvalue weighted by molar-refractivity contribution is -0.139. The van der Waals surface area contributed by atoms with Crippen molar-refractivity contribution in [1.82, 2.24) is 62.2 Å². The molecular formula is C24H31N13O6. The molecule has 19 heteroatoms. The molecule has 0 spiro atoms. The Bertz CT molecular complexity index is 1430. The summed E-state index contributed by atoms with van der Waals surface area (Å²) in [6, 6.07) is 0.0321. The number of carbonyl (C=O) groups excluding carboxylic acids is 4. The Labute approximate surface area is 244 Å². The second-order valence-electron chi connectivity index (χ2n) is 9.88. The molecule has 0 saturated carbocycles. The Morgan fingerprint density at radius 3 is 2.44 bits per heavy atom. The van der Waals surface area contributed by atoms with Gasteiger partial charge in [0.15, 0.2) is 11.6 Å². The maximum atomic E-state index is 14.2. The van der Waals surface area contributed by atoms with Crippen molar-refractivity contribution >= 4 is 35.4 Å². The first-order valence-electron chi connectivity index (χ1n) is 13.5. The Morgan fingerprint density at radius 1 is 1.07 bits per heavy atom. The van der Waals surface area contributed by atoms with Gasteiger partial charge in [-0.05, 0) is 17.5 Å². The third-order valence-electron chi connectivity index (χ3n) is 6.94. The van der Waals surface area contributed by atoms with Crippen LogP contribution in [0.25, 0.3) is 0 Å². The molecule has 0 saturated heterocycles. The number of anilines is 1. The molecule has 1 aliphatic rings. The van der Waals surface area contributed by atoms with Gasteiger partial charge in [-0.1, -0.05) is 36.8 Å². The van der Waals surface area contributed by atoms with Crippen LogP contribution in [0.15, 0.2) is 18.3 Å². The largest absolute Gasteiger partial charge is 0.481 e. The normalized spacial score (nSPS) is 16.0. The first kappa shape index (κ1) is 30.6. The van der Waals surface area contributed by atoms with E-state index in [1.165, 1.54) is 11.1 Å². The number of tetrazole rings is 2. The van der Waals surface area contributed by atoms with E-state index in [4.69, 9.17) is 5.11 Å². The zero-order valence-electron chi connectivity index (χ0n) is 23.4. The number of pyridine rings is 1. The molecule has 3 aromatic rings. The highest BCUT2D eigenvalue weighted by atomic mass is 16.4. The number of aromatic nitrogens is 9. The molecule has 4 heterocycles. The van der Waals surface area contributed by atoms with Crippen molar-refractivity contribution in [3.05, 3.63) is 35.5 Å². The van der Waals surface area contributed by atoms with Crippen molar-refractivity contribution in [1.29, 1.82) is 0 Å². The molecule has 19 nitrogen and oxygen atoms in total. The zero-order valence-corrected chi connectivity index (χ0v) is 23.4. The minimum atomic E-state index is -1.30. The number of H-pyrrole nitrogens is 2. The van der Waals surface area contributed by atoms with Crippen LogP contribution in [0.2, 0.25) is 0 Å². The highest BCUT2D eigenvalue weighted by Gasteiger charge is 2.43. The van der Waals surface area contributed by atoms with Crippen molar-refractivity contribution in [3.63, 3.8) is 0 Å². The van der Waals surface area contributed by atoms with E-state index in [0.29, 0.717) is 12.0 Å². The number of hydrogen-bond donors (Lipinski definition) is 6. The van der Waals surface area contributed by atoms with Crippen LogP contribution in [0.1, 0.15) is 50.3 Å².